The van der Waals surface area contributed by atoms with Crippen LogP contribution in [0.5, 0.6) is 0 Å². The predicted octanol–water partition coefficient (Wildman–Crippen LogP) is 4.94. The molecule has 0 bridgehead atoms. The third-order valence-electron chi connectivity index (χ3n) is 3.75. The number of amides is 1. The first-order chi connectivity index (χ1) is 11.9. The number of hydrogen-bond donors (Lipinski definition) is 1. The van der Waals surface area contributed by atoms with Crippen molar-refractivity contribution in [2.75, 3.05) is 0 Å². The summed E-state index contributed by atoms with van der Waals surface area (Å²) in [6.07, 6.45) is 1.80. The summed E-state index contributed by atoms with van der Waals surface area (Å²) in [5.74, 6) is 3.17. The maximum atomic E-state index is 12.0. The molecule has 0 saturated heterocycles. The van der Waals surface area contributed by atoms with E-state index in [1.54, 1.807) is 0 Å². The quantitative estimate of drug-likeness (QED) is 0.529. The lowest BCUT2D eigenvalue weighted by molar-refractivity contribution is -0.122. The number of hydrogen-bond acceptors (Lipinski definition) is 3. The molecule has 0 aliphatic rings. The van der Waals surface area contributed by atoms with Crippen molar-refractivity contribution in [1.29, 1.82) is 0 Å². The molecule has 1 atom stereocenters. The van der Waals surface area contributed by atoms with E-state index in [9.17, 15) is 9.59 Å². The first kappa shape index (κ1) is 21.1. The zero-order valence-electron chi connectivity index (χ0n) is 15.7. The Morgan fingerprint density at radius 2 is 1.88 bits per heavy atom. The molecule has 0 saturated carbocycles. The van der Waals surface area contributed by atoms with Crippen LogP contribution in [0.1, 0.15) is 64.6 Å². The fourth-order valence-corrected chi connectivity index (χ4v) is 3.04. The van der Waals surface area contributed by atoms with Crippen LogP contribution in [0.2, 0.25) is 0 Å². The van der Waals surface area contributed by atoms with Crippen LogP contribution in [0.4, 0.5) is 0 Å². The number of carbonyl (C=O) groups excluding carboxylic acids is 2. The van der Waals surface area contributed by atoms with E-state index in [1.807, 2.05) is 45.0 Å². The van der Waals surface area contributed by atoms with Crippen molar-refractivity contribution in [2.45, 2.75) is 53.5 Å². The van der Waals surface area contributed by atoms with Crippen LogP contribution in [0, 0.1) is 17.1 Å². The number of carbonyl (C=O) groups is 2. The minimum absolute atomic E-state index is 0.0407. The molecular weight excluding hydrogens is 330 g/mol. The van der Waals surface area contributed by atoms with Gasteiger partial charge in [-0.2, -0.15) is 0 Å². The molecule has 1 amide bonds. The Hall–Kier alpha value is -1.99. The Balaban J connectivity index is 3.03. The smallest absolute Gasteiger partial charge is 0.207 e. The van der Waals surface area contributed by atoms with Crippen LogP contribution >= 0.6 is 11.8 Å². The number of benzene rings is 1. The number of rotatable bonds is 8. The van der Waals surface area contributed by atoms with Crippen LogP contribution in [-0.4, -0.2) is 12.2 Å². The predicted molar refractivity (Wildman–Crippen MR) is 107 cm³/mol. The van der Waals surface area contributed by atoms with E-state index in [0.717, 1.165) is 22.5 Å². The van der Waals surface area contributed by atoms with Crippen LogP contribution in [-0.2, 0) is 9.59 Å². The van der Waals surface area contributed by atoms with E-state index < -0.39 is 0 Å². The molecule has 3 nitrogen and oxygen atoms in total. The molecule has 0 aliphatic carbocycles. The molecule has 1 rings (SSSR count). The highest BCUT2D eigenvalue weighted by Crippen LogP contribution is 2.31. The summed E-state index contributed by atoms with van der Waals surface area (Å²) < 4.78 is 0. The summed E-state index contributed by atoms with van der Waals surface area (Å²) >= 11 is 1.54. The molecule has 134 valence electrons. The maximum absolute atomic E-state index is 12.0. The van der Waals surface area contributed by atoms with Gasteiger partial charge in [-0.25, -0.2) is 0 Å². The molecule has 0 heterocycles. The normalized spacial score (nSPS) is 11.3. The lowest BCUT2D eigenvalue weighted by Gasteiger charge is -2.18. The first-order valence-electron chi connectivity index (χ1n) is 8.55. The van der Waals surface area contributed by atoms with E-state index in [-0.39, 0.29) is 17.7 Å². The summed E-state index contributed by atoms with van der Waals surface area (Å²) in [4.78, 5) is 24.1. The van der Waals surface area contributed by atoms with Crippen molar-refractivity contribution < 1.29 is 9.59 Å². The second kappa shape index (κ2) is 10.8. The fraction of sp³-hybridized carbons (Fsp3) is 0.429. The van der Waals surface area contributed by atoms with Crippen molar-refractivity contribution in [3.8, 4) is 11.2 Å². The Morgan fingerprint density at radius 1 is 1.24 bits per heavy atom. The molecular formula is C21H27NO2S. The van der Waals surface area contributed by atoms with Gasteiger partial charge in [0.15, 0.2) is 0 Å². The van der Waals surface area contributed by atoms with E-state index >= 15 is 0 Å². The van der Waals surface area contributed by atoms with Gasteiger partial charge in [0.25, 0.3) is 0 Å². The van der Waals surface area contributed by atoms with Gasteiger partial charge in [-0.1, -0.05) is 56.5 Å². The standard InChI is InChI=1S/C21H27NO2S/c1-6-7-12-25-21(16(4)5)18-10-8-17(9-11-18)19(22-14-23)13-20(24)15(2)3/h8-11,14-15,19H,6,13H2,1-5H3,(H,22,23). The van der Waals surface area contributed by atoms with Crippen molar-refractivity contribution in [3.05, 3.63) is 41.0 Å². The molecule has 0 radical (unpaired) electrons. The number of allylic oxidation sites excluding steroid dienone is 1. The third kappa shape index (κ3) is 6.80. The summed E-state index contributed by atoms with van der Waals surface area (Å²) in [5, 5.41) is 5.87. The number of nitrogens with one attached hydrogen (secondary N) is 1. The van der Waals surface area contributed by atoms with Gasteiger partial charge < -0.3 is 5.32 Å². The monoisotopic (exact) mass is 357 g/mol. The first-order valence-corrected chi connectivity index (χ1v) is 9.37. The lowest BCUT2D eigenvalue weighted by Crippen LogP contribution is -2.24. The van der Waals surface area contributed by atoms with Crippen LogP contribution in [0.3, 0.4) is 0 Å². The molecule has 0 fully saturated rings. The maximum Gasteiger partial charge on any atom is 0.207 e. The number of thioether (sulfide) groups is 1. The highest BCUT2D eigenvalue weighted by atomic mass is 32.2. The van der Waals surface area contributed by atoms with Gasteiger partial charge in [0.2, 0.25) is 6.41 Å². The fourth-order valence-electron chi connectivity index (χ4n) is 2.27. The average molecular weight is 358 g/mol. The van der Waals surface area contributed by atoms with Gasteiger partial charge in [-0.15, -0.1) is 0 Å². The summed E-state index contributed by atoms with van der Waals surface area (Å²) in [6.45, 7) is 9.92. The minimum atomic E-state index is -0.288. The van der Waals surface area contributed by atoms with Gasteiger partial charge in [-0.05, 0) is 42.0 Å². The van der Waals surface area contributed by atoms with Crippen LogP contribution in [0.25, 0.3) is 4.91 Å². The van der Waals surface area contributed by atoms with Crippen molar-refractivity contribution in [3.63, 3.8) is 0 Å². The molecule has 1 N–H and O–H groups in total. The molecule has 1 unspecified atom stereocenters. The summed E-state index contributed by atoms with van der Waals surface area (Å²) in [6, 6.07) is 7.71. The van der Waals surface area contributed by atoms with Crippen molar-refractivity contribution >= 4 is 28.9 Å². The zero-order chi connectivity index (χ0) is 18.8. The molecule has 4 heteroatoms. The highest BCUT2D eigenvalue weighted by molar-refractivity contribution is 8.12. The summed E-state index contributed by atoms with van der Waals surface area (Å²) in [7, 11) is 0. The number of Topliss-reactive ketones (excluding diaryl/α,β-unsaturated/α-hetero) is 1. The van der Waals surface area contributed by atoms with Crippen molar-refractivity contribution in [1.82, 2.24) is 5.32 Å². The SMILES string of the molecule is CCC#CSC(=C(C)C)c1ccc(C(CC(=O)C(C)C)NC=O)cc1. The minimum Gasteiger partial charge on any atom is -0.351 e. The average Bonchev–Trinajstić information content (AvgIpc) is 2.58. The van der Waals surface area contributed by atoms with E-state index in [4.69, 9.17) is 0 Å². The van der Waals surface area contributed by atoms with Gasteiger partial charge >= 0.3 is 0 Å². The molecule has 0 spiro atoms. The second-order valence-corrected chi connectivity index (χ2v) is 7.16. The van der Waals surface area contributed by atoms with Crippen LogP contribution in [0.15, 0.2) is 29.8 Å². The molecule has 1 aromatic rings. The second-order valence-electron chi connectivity index (χ2n) is 6.35. The van der Waals surface area contributed by atoms with Gasteiger partial charge in [0.05, 0.1) is 6.04 Å². The van der Waals surface area contributed by atoms with Crippen molar-refractivity contribution in [2.24, 2.45) is 5.92 Å². The Bertz CT molecular complexity index is 674. The van der Waals surface area contributed by atoms with E-state index in [1.165, 1.54) is 17.3 Å². The molecule has 0 aliphatic heterocycles. The van der Waals surface area contributed by atoms with Gasteiger partial charge in [0, 0.05) is 23.7 Å². The summed E-state index contributed by atoms with van der Waals surface area (Å²) in [5.41, 5.74) is 3.24. The highest BCUT2D eigenvalue weighted by Gasteiger charge is 2.17. The molecule has 25 heavy (non-hydrogen) atoms. The molecule has 1 aromatic carbocycles. The Morgan fingerprint density at radius 3 is 2.36 bits per heavy atom. The Labute approximate surface area is 155 Å². The topological polar surface area (TPSA) is 46.2 Å². The number of ketones is 1. The lowest BCUT2D eigenvalue weighted by atomic mass is 9.95. The Kier molecular flexibility index (Phi) is 9.08. The van der Waals surface area contributed by atoms with E-state index in [2.05, 4.69) is 30.3 Å². The van der Waals surface area contributed by atoms with Crippen LogP contribution < -0.4 is 5.32 Å². The third-order valence-corrected chi connectivity index (χ3v) is 4.84. The van der Waals surface area contributed by atoms with Gasteiger partial charge in [-0.3, -0.25) is 9.59 Å². The van der Waals surface area contributed by atoms with E-state index in [0.29, 0.717) is 12.8 Å². The molecule has 0 aromatic heterocycles. The largest absolute Gasteiger partial charge is 0.351 e. The zero-order valence-corrected chi connectivity index (χ0v) is 16.5. The van der Waals surface area contributed by atoms with Gasteiger partial charge in [0.1, 0.15) is 5.78 Å².